The van der Waals surface area contributed by atoms with Crippen LogP contribution in [0.4, 0.5) is 5.69 Å². The summed E-state index contributed by atoms with van der Waals surface area (Å²) in [5.74, 6) is 0. The van der Waals surface area contributed by atoms with Crippen LogP contribution in [0.25, 0.3) is 0 Å². The first-order valence-electron chi connectivity index (χ1n) is 7.55. The standard InChI is InChI=1S/C17H29ClN2O/c1-13(2)21-10-9-20(6)16-8-7-15(18)11-14(16)12-19-17(3,4)5/h7-8,11,13,19H,9-10,12H2,1-6H3. The Morgan fingerprint density at radius 1 is 1.29 bits per heavy atom. The van der Waals surface area contributed by atoms with Gasteiger partial charge in [0.2, 0.25) is 0 Å². The van der Waals surface area contributed by atoms with Crippen LogP contribution in [0.3, 0.4) is 0 Å². The molecule has 0 saturated carbocycles. The van der Waals surface area contributed by atoms with Crippen molar-refractivity contribution in [1.29, 1.82) is 0 Å². The lowest BCUT2D eigenvalue weighted by Crippen LogP contribution is -2.35. The number of anilines is 1. The van der Waals surface area contributed by atoms with Crippen LogP contribution in [-0.4, -0.2) is 31.8 Å². The van der Waals surface area contributed by atoms with E-state index in [1.165, 1.54) is 11.3 Å². The second-order valence-electron chi connectivity index (χ2n) is 6.72. The second kappa shape index (κ2) is 8.02. The molecule has 1 aromatic carbocycles. The van der Waals surface area contributed by atoms with Crippen molar-refractivity contribution in [2.75, 3.05) is 25.1 Å². The number of ether oxygens (including phenoxy) is 1. The van der Waals surface area contributed by atoms with Gasteiger partial charge in [-0.2, -0.15) is 0 Å². The monoisotopic (exact) mass is 312 g/mol. The molecule has 0 aliphatic rings. The molecule has 120 valence electrons. The van der Waals surface area contributed by atoms with E-state index in [9.17, 15) is 0 Å². The molecule has 3 nitrogen and oxygen atoms in total. The maximum atomic E-state index is 6.15. The van der Waals surface area contributed by atoms with Crippen LogP contribution in [0.2, 0.25) is 5.02 Å². The highest BCUT2D eigenvalue weighted by atomic mass is 35.5. The topological polar surface area (TPSA) is 24.5 Å². The molecule has 0 fully saturated rings. The molecule has 1 N–H and O–H groups in total. The van der Waals surface area contributed by atoms with E-state index in [1.807, 2.05) is 12.1 Å². The lowest BCUT2D eigenvalue weighted by Gasteiger charge is -2.26. The molecule has 0 unspecified atom stereocenters. The molecule has 0 aliphatic carbocycles. The predicted molar refractivity (Wildman–Crippen MR) is 92.4 cm³/mol. The minimum atomic E-state index is 0.0823. The number of hydrogen-bond donors (Lipinski definition) is 1. The first-order valence-corrected chi connectivity index (χ1v) is 7.93. The highest BCUT2D eigenvalue weighted by Crippen LogP contribution is 2.24. The van der Waals surface area contributed by atoms with Crippen LogP contribution < -0.4 is 10.2 Å². The van der Waals surface area contributed by atoms with E-state index in [2.05, 4.69) is 57.9 Å². The fraction of sp³-hybridized carbons (Fsp3) is 0.647. The lowest BCUT2D eigenvalue weighted by molar-refractivity contribution is 0.0846. The summed E-state index contributed by atoms with van der Waals surface area (Å²) in [6, 6.07) is 6.06. The first kappa shape index (κ1) is 18.3. The molecular formula is C17H29ClN2O. The van der Waals surface area contributed by atoms with Gasteiger partial charge in [-0.15, -0.1) is 0 Å². The van der Waals surface area contributed by atoms with E-state index in [-0.39, 0.29) is 11.6 Å². The van der Waals surface area contributed by atoms with Gasteiger partial charge in [0.25, 0.3) is 0 Å². The van der Waals surface area contributed by atoms with Gasteiger partial charge in [-0.05, 0) is 58.4 Å². The molecule has 1 rings (SSSR count). The van der Waals surface area contributed by atoms with E-state index >= 15 is 0 Å². The average Bonchev–Trinajstić information content (AvgIpc) is 2.35. The Morgan fingerprint density at radius 2 is 1.95 bits per heavy atom. The van der Waals surface area contributed by atoms with Crippen LogP contribution in [0, 0.1) is 0 Å². The number of hydrogen-bond acceptors (Lipinski definition) is 3. The Bertz CT molecular complexity index is 441. The van der Waals surface area contributed by atoms with Gasteiger partial charge in [-0.25, -0.2) is 0 Å². The van der Waals surface area contributed by atoms with Gasteiger partial charge < -0.3 is 15.0 Å². The quantitative estimate of drug-likeness (QED) is 0.820. The summed E-state index contributed by atoms with van der Waals surface area (Å²) in [4.78, 5) is 2.22. The summed E-state index contributed by atoms with van der Waals surface area (Å²) in [5.41, 5.74) is 2.49. The van der Waals surface area contributed by atoms with Crippen molar-refractivity contribution in [3.63, 3.8) is 0 Å². The van der Waals surface area contributed by atoms with Crippen molar-refractivity contribution in [2.24, 2.45) is 0 Å². The highest BCUT2D eigenvalue weighted by Gasteiger charge is 2.13. The predicted octanol–water partition coefficient (Wildman–Crippen LogP) is 4.09. The summed E-state index contributed by atoms with van der Waals surface area (Å²) in [7, 11) is 2.09. The molecule has 0 amide bonds. The van der Waals surface area contributed by atoms with Gasteiger partial charge in [0.15, 0.2) is 0 Å². The summed E-state index contributed by atoms with van der Waals surface area (Å²) in [5, 5.41) is 4.29. The van der Waals surface area contributed by atoms with Crippen molar-refractivity contribution in [2.45, 2.75) is 52.8 Å². The van der Waals surface area contributed by atoms with Crippen molar-refractivity contribution in [3.05, 3.63) is 28.8 Å². The molecule has 1 aromatic rings. The zero-order valence-electron chi connectivity index (χ0n) is 14.2. The van der Waals surface area contributed by atoms with Crippen LogP contribution >= 0.6 is 11.6 Å². The van der Waals surface area contributed by atoms with Crippen LogP contribution in [0.1, 0.15) is 40.2 Å². The molecule has 0 atom stereocenters. The van der Waals surface area contributed by atoms with E-state index in [0.717, 1.165) is 24.7 Å². The zero-order valence-corrected chi connectivity index (χ0v) is 14.9. The van der Waals surface area contributed by atoms with Gasteiger partial charge in [0.05, 0.1) is 12.7 Å². The lowest BCUT2D eigenvalue weighted by atomic mass is 10.1. The van der Waals surface area contributed by atoms with Crippen molar-refractivity contribution >= 4 is 17.3 Å². The fourth-order valence-electron chi connectivity index (χ4n) is 1.97. The highest BCUT2D eigenvalue weighted by molar-refractivity contribution is 6.30. The maximum absolute atomic E-state index is 6.15. The van der Waals surface area contributed by atoms with Crippen molar-refractivity contribution in [1.82, 2.24) is 5.32 Å². The Hall–Kier alpha value is -0.770. The molecular weight excluding hydrogens is 284 g/mol. The van der Waals surface area contributed by atoms with E-state index in [0.29, 0.717) is 0 Å². The fourth-order valence-corrected chi connectivity index (χ4v) is 2.17. The Balaban J connectivity index is 2.75. The molecule has 0 heterocycles. The molecule has 4 heteroatoms. The van der Waals surface area contributed by atoms with Crippen molar-refractivity contribution in [3.8, 4) is 0 Å². The SMILES string of the molecule is CC(C)OCCN(C)c1ccc(Cl)cc1CNC(C)(C)C. The first-order chi connectivity index (χ1) is 9.69. The Morgan fingerprint density at radius 3 is 2.52 bits per heavy atom. The summed E-state index contributed by atoms with van der Waals surface area (Å²) in [6.07, 6.45) is 0.269. The van der Waals surface area contributed by atoms with Crippen LogP contribution in [0.5, 0.6) is 0 Å². The molecule has 0 bridgehead atoms. The smallest absolute Gasteiger partial charge is 0.0644 e. The van der Waals surface area contributed by atoms with Crippen LogP contribution in [-0.2, 0) is 11.3 Å². The number of nitrogens with zero attached hydrogens (tertiary/aromatic N) is 1. The van der Waals surface area contributed by atoms with Gasteiger partial charge in [0, 0.05) is 36.4 Å². The van der Waals surface area contributed by atoms with E-state index in [4.69, 9.17) is 16.3 Å². The largest absolute Gasteiger partial charge is 0.377 e. The van der Waals surface area contributed by atoms with Gasteiger partial charge in [-0.1, -0.05) is 11.6 Å². The molecule has 21 heavy (non-hydrogen) atoms. The van der Waals surface area contributed by atoms with Gasteiger partial charge in [-0.3, -0.25) is 0 Å². The molecule has 0 radical (unpaired) electrons. The zero-order chi connectivity index (χ0) is 16.0. The third-order valence-corrected chi connectivity index (χ3v) is 3.37. The minimum absolute atomic E-state index is 0.0823. The Kier molecular flexibility index (Phi) is 6.98. The number of rotatable bonds is 7. The number of benzene rings is 1. The average molecular weight is 313 g/mol. The van der Waals surface area contributed by atoms with Gasteiger partial charge in [0.1, 0.15) is 0 Å². The summed E-state index contributed by atoms with van der Waals surface area (Å²) >= 11 is 6.15. The molecule has 0 aromatic heterocycles. The van der Waals surface area contributed by atoms with E-state index in [1.54, 1.807) is 0 Å². The molecule has 0 spiro atoms. The molecule has 0 aliphatic heterocycles. The normalized spacial score (nSPS) is 12.0. The van der Waals surface area contributed by atoms with Crippen LogP contribution in [0.15, 0.2) is 18.2 Å². The third-order valence-electron chi connectivity index (χ3n) is 3.14. The number of likely N-dealkylation sites (N-methyl/N-ethyl adjacent to an activating group) is 1. The van der Waals surface area contributed by atoms with Crippen molar-refractivity contribution < 1.29 is 4.74 Å². The summed E-state index contributed by atoms with van der Waals surface area (Å²) < 4.78 is 5.63. The minimum Gasteiger partial charge on any atom is -0.377 e. The maximum Gasteiger partial charge on any atom is 0.0644 e. The molecule has 0 saturated heterocycles. The number of halogens is 1. The summed E-state index contributed by atoms with van der Waals surface area (Å²) in [6.45, 7) is 13.0. The number of nitrogens with one attached hydrogen (secondary N) is 1. The van der Waals surface area contributed by atoms with Gasteiger partial charge >= 0.3 is 0 Å². The Labute approximate surface area is 134 Å². The van der Waals surface area contributed by atoms with E-state index < -0.39 is 0 Å². The third kappa shape index (κ3) is 7.16. The second-order valence-corrected chi connectivity index (χ2v) is 7.15.